The van der Waals surface area contributed by atoms with Crippen LogP contribution in [0.1, 0.15) is 57.6 Å². The molecule has 0 atom stereocenters. The highest BCUT2D eigenvalue weighted by molar-refractivity contribution is 5.94. The van der Waals surface area contributed by atoms with Gasteiger partial charge in [0.05, 0.1) is 6.54 Å². The summed E-state index contributed by atoms with van der Waals surface area (Å²) in [5, 5.41) is 6.36. The summed E-state index contributed by atoms with van der Waals surface area (Å²) in [4.78, 5) is 26.1. The van der Waals surface area contributed by atoms with E-state index in [0.29, 0.717) is 11.6 Å². The molecular formula is C18H29N3O3. The number of unbranched alkanes of at least 4 members (excludes halogenated alkanes) is 1. The van der Waals surface area contributed by atoms with Gasteiger partial charge in [-0.15, -0.1) is 0 Å². The first-order chi connectivity index (χ1) is 11.5. The van der Waals surface area contributed by atoms with Crippen LogP contribution in [0, 0.1) is 18.8 Å². The maximum atomic E-state index is 12.5. The number of hydrogen-bond donors (Lipinski definition) is 1. The first kappa shape index (κ1) is 18.5. The van der Waals surface area contributed by atoms with Gasteiger partial charge in [-0.3, -0.25) is 9.59 Å². The summed E-state index contributed by atoms with van der Waals surface area (Å²) in [5.74, 6) is 1.68. The van der Waals surface area contributed by atoms with Gasteiger partial charge in [-0.05, 0) is 38.5 Å². The average molecular weight is 335 g/mol. The number of nitrogens with zero attached hydrogens (tertiary/aromatic N) is 2. The van der Waals surface area contributed by atoms with Crippen LogP contribution in [0.4, 0.5) is 5.82 Å². The Morgan fingerprint density at radius 3 is 2.62 bits per heavy atom. The fraction of sp³-hybridized carbons (Fsp3) is 0.722. The normalized spacial score (nSPS) is 20.6. The van der Waals surface area contributed by atoms with Crippen molar-refractivity contribution in [3.05, 3.63) is 11.8 Å². The summed E-state index contributed by atoms with van der Waals surface area (Å²) in [5.41, 5.74) is 0. The zero-order valence-electron chi connectivity index (χ0n) is 15.0. The van der Waals surface area contributed by atoms with E-state index in [1.54, 1.807) is 20.0 Å². The molecule has 0 spiro atoms. The molecule has 1 heterocycles. The Labute approximate surface area is 143 Å². The van der Waals surface area contributed by atoms with Crippen LogP contribution in [0.3, 0.4) is 0 Å². The van der Waals surface area contributed by atoms with Crippen molar-refractivity contribution >= 4 is 17.6 Å². The lowest BCUT2D eigenvalue weighted by atomic mass is 9.79. The van der Waals surface area contributed by atoms with Crippen molar-refractivity contribution < 1.29 is 14.1 Å². The van der Waals surface area contributed by atoms with E-state index in [4.69, 9.17) is 4.52 Å². The van der Waals surface area contributed by atoms with Gasteiger partial charge < -0.3 is 14.7 Å². The predicted molar refractivity (Wildman–Crippen MR) is 92.5 cm³/mol. The zero-order valence-corrected chi connectivity index (χ0v) is 15.0. The number of rotatable bonds is 7. The molecule has 1 fully saturated rings. The average Bonchev–Trinajstić information content (AvgIpc) is 2.97. The third-order valence-corrected chi connectivity index (χ3v) is 4.81. The summed E-state index contributed by atoms with van der Waals surface area (Å²) < 4.78 is 4.91. The van der Waals surface area contributed by atoms with Crippen LogP contribution in [0.5, 0.6) is 0 Å². The molecule has 6 nitrogen and oxygen atoms in total. The second kappa shape index (κ2) is 8.85. The molecule has 0 radical (unpaired) electrons. The number of nitrogens with one attached hydrogen (secondary N) is 1. The molecule has 1 N–H and O–H groups in total. The van der Waals surface area contributed by atoms with E-state index in [2.05, 4.69) is 17.4 Å². The maximum absolute atomic E-state index is 12.5. The lowest BCUT2D eigenvalue weighted by molar-refractivity contribution is -0.138. The highest BCUT2D eigenvalue weighted by atomic mass is 16.5. The second-order valence-corrected chi connectivity index (χ2v) is 6.93. The Bertz CT molecular complexity index is 547. The molecule has 2 rings (SSSR count). The highest BCUT2D eigenvalue weighted by Gasteiger charge is 2.28. The molecule has 0 saturated heterocycles. The molecule has 0 bridgehead atoms. The standard InChI is InChI=1S/C18H29N3O3/c1-4-5-6-14-7-9-15(10-8-14)18(23)21(3)12-17(22)19-16-11-13(2)24-20-16/h11,14-15H,4-10,12H2,1-3H3,(H,19,20,22). The largest absolute Gasteiger partial charge is 0.360 e. The number of aryl methyl sites for hydroxylation is 1. The van der Waals surface area contributed by atoms with Crippen LogP contribution < -0.4 is 5.32 Å². The molecule has 1 aromatic rings. The number of anilines is 1. The Morgan fingerprint density at radius 1 is 1.33 bits per heavy atom. The van der Waals surface area contributed by atoms with Gasteiger partial charge in [0.15, 0.2) is 5.82 Å². The Hall–Kier alpha value is -1.85. The summed E-state index contributed by atoms with van der Waals surface area (Å²) >= 11 is 0. The van der Waals surface area contributed by atoms with Crippen molar-refractivity contribution in [2.24, 2.45) is 11.8 Å². The van der Waals surface area contributed by atoms with Gasteiger partial charge in [0.25, 0.3) is 0 Å². The van der Waals surface area contributed by atoms with E-state index in [9.17, 15) is 9.59 Å². The van der Waals surface area contributed by atoms with Crippen LogP contribution in [0.25, 0.3) is 0 Å². The zero-order chi connectivity index (χ0) is 17.5. The van der Waals surface area contributed by atoms with E-state index in [-0.39, 0.29) is 24.3 Å². The third-order valence-electron chi connectivity index (χ3n) is 4.81. The fourth-order valence-electron chi connectivity index (χ4n) is 3.40. The number of carbonyl (C=O) groups is 2. The summed E-state index contributed by atoms with van der Waals surface area (Å²) in [7, 11) is 1.69. The number of likely N-dealkylation sites (N-methyl/N-ethyl adjacent to an activating group) is 1. The molecule has 6 heteroatoms. The van der Waals surface area contributed by atoms with E-state index in [1.807, 2.05) is 0 Å². The molecule has 1 aliphatic rings. The smallest absolute Gasteiger partial charge is 0.245 e. The second-order valence-electron chi connectivity index (χ2n) is 6.93. The molecular weight excluding hydrogens is 306 g/mol. The van der Waals surface area contributed by atoms with Crippen molar-refractivity contribution in [3.63, 3.8) is 0 Å². The number of carbonyl (C=O) groups excluding carboxylic acids is 2. The van der Waals surface area contributed by atoms with Crippen LogP contribution >= 0.6 is 0 Å². The van der Waals surface area contributed by atoms with E-state index in [0.717, 1.165) is 31.6 Å². The van der Waals surface area contributed by atoms with Crippen LogP contribution in [0.15, 0.2) is 10.6 Å². The number of hydrogen-bond acceptors (Lipinski definition) is 4. The Balaban J connectivity index is 1.74. The van der Waals surface area contributed by atoms with Gasteiger partial charge in [-0.25, -0.2) is 0 Å². The summed E-state index contributed by atoms with van der Waals surface area (Å²) in [6, 6.07) is 1.65. The van der Waals surface area contributed by atoms with Gasteiger partial charge >= 0.3 is 0 Å². The molecule has 0 aromatic carbocycles. The minimum atomic E-state index is -0.254. The minimum Gasteiger partial charge on any atom is -0.360 e. The maximum Gasteiger partial charge on any atom is 0.245 e. The van der Waals surface area contributed by atoms with Gasteiger partial charge in [-0.1, -0.05) is 31.3 Å². The minimum absolute atomic E-state index is 0.0422. The van der Waals surface area contributed by atoms with Crippen LogP contribution in [0.2, 0.25) is 0 Å². The van der Waals surface area contributed by atoms with Crippen molar-refractivity contribution in [1.82, 2.24) is 10.1 Å². The predicted octanol–water partition coefficient (Wildman–Crippen LogP) is 3.38. The first-order valence-corrected chi connectivity index (χ1v) is 8.97. The monoisotopic (exact) mass is 335 g/mol. The van der Waals surface area contributed by atoms with Gasteiger partial charge in [0, 0.05) is 19.0 Å². The van der Waals surface area contributed by atoms with E-state index in [1.165, 1.54) is 24.2 Å². The van der Waals surface area contributed by atoms with Crippen LogP contribution in [-0.4, -0.2) is 35.5 Å². The number of aromatic nitrogens is 1. The quantitative estimate of drug-likeness (QED) is 0.829. The van der Waals surface area contributed by atoms with E-state index >= 15 is 0 Å². The van der Waals surface area contributed by atoms with Crippen LogP contribution in [-0.2, 0) is 9.59 Å². The molecule has 1 saturated carbocycles. The molecule has 1 aromatic heterocycles. The van der Waals surface area contributed by atoms with Crippen molar-refractivity contribution in [1.29, 1.82) is 0 Å². The van der Waals surface area contributed by atoms with Crippen molar-refractivity contribution in [2.75, 3.05) is 18.9 Å². The van der Waals surface area contributed by atoms with E-state index < -0.39 is 0 Å². The lowest BCUT2D eigenvalue weighted by Crippen LogP contribution is -2.39. The van der Waals surface area contributed by atoms with Gasteiger partial charge in [0.2, 0.25) is 11.8 Å². The fourth-order valence-corrected chi connectivity index (χ4v) is 3.40. The third kappa shape index (κ3) is 5.35. The SMILES string of the molecule is CCCCC1CCC(C(=O)N(C)CC(=O)Nc2cc(C)on2)CC1. The summed E-state index contributed by atoms with van der Waals surface area (Å²) in [6.45, 7) is 4.02. The Kier molecular flexibility index (Phi) is 6.82. The molecule has 134 valence electrons. The molecule has 0 unspecified atom stereocenters. The Morgan fingerprint density at radius 2 is 2.04 bits per heavy atom. The highest BCUT2D eigenvalue weighted by Crippen LogP contribution is 2.32. The topological polar surface area (TPSA) is 75.4 Å². The van der Waals surface area contributed by atoms with Gasteiger partial charge in [0.1, 0.15) is 5.76 Å². The first-order valence-electron chi connectivity index (χ1n) is 8.97. The number of amides is 2. The van der Waals surface area contributed by atoms with Gasteiger partial charge in [-0.2, -0.15) is 0 Å². The van der Waals surface area contributed by atoms with Crippen molar-refractivity contribution in [2.45, 2.75) is 58.8 Å². The molecule has 1 aliphatic carbocycles. The molecule has 24 heavy (non-hydrogen) atoms. The molecule has 0 aliphatic heterocycles. The molecule has 2 amide bonds. The lowest BCUT2D eigenvalue weighted by Gasteiger charge is -2.30. The summed E-state index contributed by atoms with van der Waals surface area (Å²) in [6.07, 6.45) is 7.96. The van der Waals surface area contributed by atoms with Crippen molar-refractivity contribution in [3.8, 4) is 0 Å².